The van der Waals surface area contributed by atoms with Gasteiger partial charge in [0.05, 0.1) is 28.7 Å². The van der Waals surface area contributed by atoms with E-state index in [1.807, 2.05) is 0 Å². The summed E-state index contributed by atoms with van der Waals surface area (Å²) in [6.45, 7) is 0. The first-order valence-electron chi connectivity index (χ1n) is 8.06. The number of amides is 2. The van der Waals surface area contributed by atoms with E-state index in [-0.39, 0.29) is 17.0 Å². The number of furan rings is 1. The Morgan fingerprint density at radius 1 is 1.00 bits per heavy atom. The van der Waals surface area contributed by atoms with Gasteiger partial charge in [-0.05, 0) is 42.0 Å². The fraction of sp³-hybridized carbons (Fsp3) is 0. The summed E-state index contributed by atoms with van der Waals surface area (Å²) in [5.74, 6) is -0.903. The number of nitro benzene ring substituents is 1. The number of rotatable bonds is 6. The molecule has 2 amide bonds. The smallest absolute Gasteiger partial charge is 0.291 e. The molecule has 0 unspecified atom stereocenters. The van der Waals surface area contributed by atoms with Gasteiger partial charge in [-0.3, -0.25) is 19.7 Å². The Bertz CT molecular complexity index is 1030. The summed E-state index contributed by atoms with van der Waals surface area (Å²) >= 11 is 0. The molecule has 3 rings (SSSR count). The largest absolute Gasteiger partial charge is 0.459 e. The van der Waals surface area contributed by atoms with Crippen molar-refractivity contribution in [1.29, 1.82) is 0 Å². The number of para-hydroxylation sites is 1. The molecule has 0 bridgehead atoms. The Kier molecular flexibility index (Phi) is 5.56. The summed E-state index contributed by atoms with van der Waals surface area (Å²) in [5.41, 5.74) is 3.40. The number of hydrogen-bond acceptors (Lipinski definition) is 6. The predicted octanol–water partition coefficient (Wildman–Crippen LogP) is 3.20. The minimum absolute atomic E-state index is 0.0394. The van der Waals surface area contributed by atoms with Gasteiger partial charge in [-0.15, -0.1) is 0 Å². The summed E-state index contributed by atoms with van der Waals surface area (Å²) in [5, 5.41) is 17.1. The molecule has 9 heteroatoms. The Labute approximate surface area is 158 Å². The van der Waals surface area contributed by atoms with Gasteiger partial charge in [0.15, 0.2) is 5.76 Å². The number of benzene rings is 2. The van der Waals surface area contributed by atoms with Crippen molar-refractivity contribution < 1.29 is 18.9 Å². The summed E-state index contributed by atoms with van der Waals surface area (Å²) in [7, 11) is 0. The standard InChI is InChI=1S/C19H14N4O5/c24-18(22-20-12-13-7-9-14(10-8-13)23(26)27)15-4-1-2-5-16(15)21-19(25)17-6-3-11-28-17/h1-12H,(H,21,25)(H,22,24)/b20-12-. The quantitative estimate of drug-likeness (QED) is 0.387. The van der Waals surface area contributed by atoms with Crippen LogP contribution in [0.25, 0.3) is 0 Å². The highest BCUT2D eigenvalue weighted by atomic mass is 16.6. The molecule has 0 spiro atoms. The number of nitrogens with zero attached hydrogens (tertiary/aromatic N) is 2. The molecule has 0 aliphatic rings. The van der Waals surface area contributed by atoms with Crippen LogP contribution in [0.4, 0.5) is 11.4 Å². The molecule has 3 aromatic rings. The molecule has 0 saturated heterocycles. The second kappa shape index (κ2) is 8.41. The van der Waals surface area contributed by atoms with Gasteiger partial charge in [-0.1, -0.05) is 12.1 Å². The molecule has 9 nitrogen and oxygen atoms in total. The van der Waals surface area contributed by atoms with E-state index in [9.17, 15) is 19.7 Å². The molecule has 1 heterocycles. The zero-order valence-electron chi connectivity index (χ0n) is 14.4. The van der Waals surface area contributed by atoms with Crippen molar-refractivity contribution in [2.24, 2.45) is 5.10 Å². The molecule has 0 aliphatic heterocycles. The third kappa shape index (κ3) is 4.47. The Balaban J connectivity index is 1.67. The topological polar surface area (TPSA) is 127 Å². The van der Waals surface area contributed by atoms with Gasteiger partial charge in [0.25, 0.3) is 17.5 Å². The van der Waals surface area contributed by atoms with Crippen molar-refractivity contribution in [3.8, 4) is 0 Å². The lowest BCUT2D eigenvalue weighted by molar-refractivity contribution is -0.384. The van der Waals surface area contributed by atoms with Gasteiger partial charge in [-0.25, -0.2) is 5.43 Å². The van der Waals surface area contributed by atoms with Gasteiger partial charge < -0.3 is 9.73 Å². The molecule has 2 aromatic carbocycles. The Hall–Kier alpha value is -4.27. The lowest BCUT2D eigenvalue weighted by Gasteiger charge is -2.08. The van der Waals surface area contributed by atoms with Crippen LogP contribution < -0.4 is 10.7 Å². The van der Waals surface area contributed by atoms with Crippen LogP contribution in [0.5, 0.6) is 0 Å². The van der Waals surface area contributed by atoms with Gasteiger partial charge >= 0.3 is 0 Å². The highest BCUT2D eigenvalue weighted by molar-refractivity contribution is 6.07. The number of carbonyl (C=O) groups excluding carboxylic acids is 2. The highest BCUT2D eigenvalue weighted by Crippen LogP contribution is 2.16. The molecule has 28 heavy (non-hydrogen) atoms. The number of non-ortho nitro benzene ring substituents is 1. The van der Waals surface area contributed by atoms with Crippen LogP contribution in [-0.4, -0.2) is 23.0 Å². The minimum atomic E-state index is -0.534. The molecule has 0 radical (unpaired) electrons. The zero-order chi connectivity index (χ0) is 19.9. The minimum Gasteiger partial charge on any atom is -0.459 e. The summed E-state index contributed by atoms with van der Waals surface area (Å²) in [4.78, 5) is 34.6. The molecule has 0 atom stereocenters. The maximum absolute atomic E-state index is 12.4. The molecule has 140 valence electrons. The van der Waals surface area contributed by atoms with Crippen molar-refractivity contribution in [3.63, 3.8) is 0 Å². The fourth-order valence-electron chi connectivity index (χ4n) is 2.29. The number of nitro groups is 1. The zero-order valence-corrected chi connectivity index (χ0v) is 14.4. The molecular weight excluding hydrogens is 364 g/mol. The van der Waals surface area contributed by atoms with Crippen molar-refractivity contribution in [2.75, 3.05) is 5.32 Å². The third-order valence-electron chi connectivity index (χ3n) is 3.65. The van der Waals surface area contributed by atoms with Crippen molar-refractivity contribution in [3.05, 3.63) is 93.9 Å². The number of hydrazone groups is 1. The lowest BCUT2D eigenvalue weighted by Crippen LogP contribution is -2.21. The Morgan fingerprint density at radius 3 is 2.43 bits per heavy atom. The van der Waals surface area contributed by atoms with Gasteiger partial charge in [0, 0.05) is 12.1 Å². The number of carbonyl (C=O) groups is 2. The first kappa shape index (κ1) is 18.5. The molecule has 2 N–H and O–H groups in total. The van der Waals surface area contributed by atoms with E-state index in [1.54, 1.807) is 24.3 Å². The SMILES string of the molecule is O=C(Nc1ccccc1C(=O)N/N=C\c1ccc([N+](=O)[O-])cc1)c1ccco1. The average Bonchev–Trinajstić information content (AvgIpc) is 3.24. The second-order valence-corrected chi connectivity index (χ2v) is 5.52. The Morgan fingerprint density at radius 2 is 1.75 bits per heavy atom. The van der Waals surface area contributed by atoms with Crippen molar-refractivity contribution in [2.45, 2.75) is 0 Å². The van der Waals surface area contributed by atoms with Gasteiger partial charge in [0.1, 0.15) is 0 Å². The maximum Gasteiger partial charge on any atom is 0.291 e. The fourth-order valence-corrected chi connectivity index (χ4v) is 2.29. The van der Waals surface area contributed by atoms with Crippen LogP contribution in [0, 0.1) is 10.1 Å². The van der Waals surface area contributed by atoms with E-state index in [0.717, 1.165) is 0 Å². The van der Waals surface area contributed by atoms with E-state index in [2.05, 4.69) is 15.8 Å². The first-order chi connectivity index (χ1) is 13.5. The molecule has 0 fully saturated rings. The van der Waals surface area contributed by atoms with Crippen molar-refractivity contribution in [1.82, 2.24) is 5.43 Å². The average molecular weight is 378 g/mol. The van der Waals surface area contributed by atoms with Crippen LogP contribution in [0.2, 0.25) is 0 Å². The van der Waals surface area contributed by atoms with E-state index >= 15 is 0 Å². The van der Waals surface area contributed by atoms with Crippen LogP contribution in [-0.2, 0) is 0 Å². The van der Waals surface area contributed by atoms with Crippen LogP contribution in [0.3, 0.4) is 0 Å². The van der Waals surface area contributed by atoms with Crippen LogP contribution in [0.15, 0.2) is 76.4 Å². The predicted molar refractivity (Wildman–Crippen MR) is 101 cm³/mol. The number of hydrogen-bond donors (Lipinski definition) is 2. The highest BCUT2D eigenvalue weighted by Gasteiger charge is 2.15. The van der Waals surface area contributed by atoms with E-state index in [0.29, 0.717) is 11.3 Å². The third-order valence-corrected chi connectivity index (χ3v) is 3.65. The second-order valence-electron chi connectivity index (χ2n) is 5.52. The maximum atomic E-state index is 12.4. The van der Waals surface area contributed by atoms with Crippen LogP contribution in [0.1, 0.15) is 26.5 Å². The van der Waals surface area contributed by atoms with Gasteiger partial charge in [-0.2, -0.15) is 5.10 Å². The monoisotopic (exact) mass is 378 g/mol. The lowest BCUT2D eigenvalue weighted by atomic mass is 10.1. The van der Waals surface area contributed by atoms with E-state index in [1.165, 1.54) is 48.9 Å². The molecule has 1 aromatic heterocycles. The molecule has 0 aliphatic carbocycles. The van der Waals surface area contributed by atoms with E-state index < -0.39 is 16.7 Å². The first-order valence-corrected chi connectivity index (χ1v) is 8.06. The summed E-state index contributed by atoms with van der Waals surface area (Å²) in [6.07, 6.45) is 2.73. The number of anilines is 1. The normalized spacial score (nSPS) is 10.6. The summed E-state index contributed by atoms with van der Waals surface area (Å²) in [6, 6.07) is 15.2. The van der Waals surface area contributed by atoms with Crippen molar-refractivity contribution >= 4 is 29.4 Å². The molecular formula is C19H14N4O5. The van der Waals surface area contributed by atoms with Crippen LogP contribution >= 0.6 is 0 Å². The summed E-state index contributed by atoms with van der Waals surface area (Å²) < 4.78 is 5.03. The molecule has 0 saturated carbocycles. The van der Waals surface area contributed by atoms with E-state index in [4.69, 9.17) is 4.42 Å². The van der Waals surface area contributed by atoms with Gasteiger partial charge in [0.2, 0.25) is 0 Å². The number of nitrogens with one attached hydrogen (secondary N) is 2.